The Bertz CT molecular complexity index is 336. The maximum Gasteiger partial charge on any atom is 0.163 e. The maximum absolute atomic E-state index is 11.6. The van der Waals surface area contributed by atoms with E-state index in [-0.39, 0.29) is 5.78 Å². The van der Waals surface area contributed by atoms with Gasteiger partial charge < -0.3 is 5.73 Å². The van der Waals surface area contributed by atoms with E-state index in [0.717, 1.165) is 17.5 Å². The van der Waals surface area contributed by atoms with Crippen LogP contribution in [0.4, 0.5) is 0 Å². The first kappa shape index (κ1) is 11.2. The van der Waals surface area contributed by atoms with Crippen LogP contribution in [-0.4, -0.2) is 12.3 Å². The van der Waals surface area contributed by atoms with Crippen LogP contribution in [0.1, 0.15) is 28.8 Å². The van der Waals surface area contributed by atoms with E-state index in [1.54, 1.807) is 18.2 Å². The molecule has 0 saturated heterocycles. The molecule has 2 nitrogen and oxygen atoms in total. The van der Waals surface area contributed by atoms with Crippen LogP contribution >= 0.6 is 11.6 Å². The van der Waals surface area contributed by atoms with Gasteiger partial charge in [-0.15, -0.1) is 0 Å². The van der Waals surface area contributed by atoms with Crippen LogP contribution in [0.25, 0.3) is 0 Å². The normalized spacial score (nSPS) is 10.2. The van der Waals surface area contributed by atoms with Crippen molar-refractivity contribution in [3.05, 3.63) is 34.3 Å². The number of Topliss-reactive ketones (excluding diaryl/α,β-unsaturated/α-hetero) is 1. The molecule has 3 heteroatoms. The largest absolute Gasteiger partial charge is 0.330 e. The van der Waals surface area contributed by atoms with Gasteiger partial charge in [0.2, 0.25) is 0 Å². The number of nitrogens with two attached hydrogens (primary N) is 1. The summed E-state index contributed by atoms with van der Waals surface area (Å²) >= 11 is 5.79. The highest BCUT2D eigenvalue weighted by Crippen LogP contribution is 2.16. The summed E-state index contributed by atoms with van der Waals surface area (Å²) in [6.07, 6.45) is 1.25. The maximum atomic E-state index is 11.6. The lowest BCUT2D eigenvalue weighted by Gasteiger charge is -2.04. The van der Waals surface area contributed by atoms with Gasteiger partial charge in [0.05, 0.1) is 0 Å². The molecule has 0 bridgehead atoms. The highest BCUT2D eigenvalue weighted by molar-refractivity contribution is 6.30. The number of hydrogen-bond acceptors (Lipinski definition) is 2. The van der Waals surface area contributed by atoms with Crippen LogP contribution in [0.3, 0.4) is 0 Å². The zero-order valence-electron chi connectivity index (χ0n) is 8.22. The summed E-state index contributed by atoms with van der Waals surface area (Å²) in [4.78, 5) is 11.6. The first-order valence-electron chi connectivity index (χ1n) is 4.64. The van der Waals surface area contributed by atoms with Crippen molar-refractivity contribution in [1.82, 2.24) is 0 Å². The number of halogens is 1. The number of hydrogen-bond donors (Lipinski definition) is 1. The quantitative estimate of drug-likeness (QED) is 0.778. The molecule has 0 radical (unpaired) electrons. The third-order valence-corrected chi connectivity index (χ3v) is 2.33. The molecule has 0 aromatic heterocycles. The van der Waals surface area contributed by atoms with E-state index in [4.69, 9.17) is 17.3 Å². The Hall–Kier alpha value is -0.860. The third-order valence-electron chi connectivity index (χ3n) is 2.10. The number of aryl methyl sites for hydroxylation is 1. The molecule has 2 N–H and O–H groups in total. The number of rotatable bonds is 4. The van der Waals surface area contributed by atoms with Crippen LogP contribution in [-0.2, 0) is 0 Å². The summed E-state index contributed by atoms with van der Waals surface area (Å²) in [5, 5.41) is 0.665. The summed E-state index contributed by atoms with van der Waals surface area (Å²) in [6, 6.07) is 5.32. The van der Waals surface area contributed by atoms with Gasteiger partial charge in [0.25, 0.3) is 0 Å². The minimum atomic E-state index is 0.143. The second-order valence-electron chi connectivity index (χ2n) is 3.27. The van der Waals surface area contributed by atoms with Gasteiger partial charge in [-0.2, -0.15) is 0 Å². The Morgan fingerprint density at radius 1 is 1.50 bits per heavy atom. The Morgan fingerprint density at radius 2 is 2.21 bits per heavy atom. The van der Waals surface area contributed by atoms with E-state index >= 15 is 0 Å². The molecule has 0 aliphatic heterocycles. The molecular weight excluding hydrogens is 198 g/mol. The predicted molar refractivity (Wildman–Crippen MR) is 58.8 cm³/mol. The predicted octanol–water partition coefficient (Wildman–Crippen LogP) is 2.57. The second kappa shape index (κ2) is 5.13. The van der Waals surface area contributed by atoms with E-state index in [9.17, 15) is 4.79 Å². The second-order valence-corrected chi connectivity index (χ2v) is 3.71. The van der Waals surface area contributed by atoms with E-state index in [2.05, 4.69) is 0 Å². The molecule has 0 heterocycles. The first-order chi connectivity index (χ1) is 6.65. The molecule has 0 atom stereocenters. The molecule has 1 aromatic carbocycles. The fraction of sp³-hybridized carbons (Fsp3) is 0.364. The highest BCUT2D eigenvalue weighted by Gasteiger charge is 2.08. The van der Waals surface area contributed by atoms with Gasteiger partial charge >= 0.3 is 0 Å². The monoisotopic (exact) mass is 211 g/mol. The van der Waals surface area contributed by atoms with Crippen molar-refractivity contribution in [2.45, 2.75) is 19.8 Å². The minimum Gasteiger partial charge on any atom is -0.330 e. The fourth-order valence-corrected chi connectivity index (χ4v) is 1.56. The van der Waals surface area contributed by atoms with Crippen molar-refractivity contribution in [3.63, 3.8) is 0 Å². The molecule has 1 aromatic rings. The van der Waals surface area contributed by atoms with Crippen LogP contribution in [0, 0.1) is 6.92 Å². The lowest BCUT2D eigenvalue weighted by atomic mass is 10.0. The van der Waals surface area contributed by atoms with Gasteiger partial charge in [-0.1, -0.05) is 11.6 Å². The van der Waals surface area contributed by atoms with Gasteiger partial charge in [0.1, 0.15) is 0 Å². The van der Waals surface area contributed by atoms with Gasteiger partial charge in [0, 0.05) is 17.0 Å². The molecule has 0 fully saturated rings. The molecule has 14 heavy (non-hydrogen) atoms. The Kier molecular flexibility index (Phi) is 4.11. The van der Waals surface area contributed by atoms with Crippen molar-refractivity contribution >= 4 is 17.4 Å². The average molecular weight is 212 g/mol. The number of carbonyl (C=O) groups is 1. The zero-order chi connectivity index (χ0) is 10.6. The molecule has 0 aliphatic rings. The smallest absolute Gasteiger partial charge is 0.163 e. The van der Waals surface area contributed by atoms with Gasteiger partial charge in [-0.3, -0.25) is 4.79 Å². The van der Waals surface area contributed by atoms with Crippen LogP contribution < -0.4 is 5.73 Å². The average Bonchev–Trinajstić information content (AvgIpc) is 2.14. The zero-order valence-corrected chi connectivity index (χ0v) is 8.97. The van der Waals surface area contributed by atoms with E-state index in [1.807, 2.05) is 6.92 Å². The van der Waals surface area contributed by atoms with Crippen molar-refractivity contribution < 1.29 is 4.79 Å². The summed E-state index contributed by atoms with van der Waals surface area (Å²) in [7, 11) is 0. The minimum absolute atomic E-state index is 0.143. The summed E-state index contributed by atoms with van der Waals surface area (Å²) in [5.41, 5.74) is 7.03. The van der Waals surface area contributed by atoms with Gasteiger partial charge in [-0.05, 0) is 43.7 Å². The summed E-state index contributed by atoms with van der Waals surface area (Å²) in [5.74, 6) is 0.143. The Balaban J connectivity index is 2.80. The van der Waals surface area contributed by atoms with Crippen molar-refractivity contribution in [2.24, 2.45) is 5.73 Å². The molecule has 0 saturated carbocycles. The molecule has 1 rings (SSSR count). The fourth-order valence-electron chi connectivity index (χ4n) is 1.34. The Labute approximate surface area is 89.1 Å². The number of benzene rings is 1. The molecular formula is C11H14ClNO. The van der Waals surface area contributed by atoms with E-state index < -0.39 is 0 Å². The van der Waals surface area contributed by atoms with Crippen molar-refractivity contribution in [3.8, 4) is 0 Å². The van der Waals surface area contributed by atoms with Crippen molar-refractivity contribution in [2.75, 3.05) is 6.54 Å². The molecule has 0 spiro atoms. The van der Waals surface area contributed by atoms with E-state index in [0.29, 0.717) is 18.0 Å². The van der Waals surface area contributed by atoms with Crippen molar-refractivity contribution in [1.29, 1.82) is 0 Å². The van der Waals surface area contributed by atoms with Gasteiger partial charge in [-0.25, -0.2) is 0 Å². The molecule has 0 aliphatic carbocycles. The standard InChI is InChI=1S/C11H14ClNO/c1-8-7-9(12)4-5-10(8)11(14)3-2-6-13/h4-5,7H,2-3,6,13H2,1H3. The summed E-state index contributed by atoms with van der Waals surface area (Å²) in [6.45, 7) is 2.44. The lowest BCUT2D eigenvalue weighted by molar-refractivity contribution is 0.0980. The Morgan fingerprint density at radius 3 is 2.79 bits per heavy atom. The number of carbonyl (C=O) groups excluding carboxylic acids is 1. The van der Waals surface area contributed by atoms with Crippen LogP contribution in [0.5, 0.6) is 0 Å². The topological polar surface area (TPSA) is 43.1 Å². The SMILES string of the molecule is Cc1cc(Cl)ccc1C(=O)CCCN. The van der Waals surface area contributed by atoms with Gasteiger partial charge in [0.15, 0.2) is 5.78 Å². The van der Waals surface area contributed by atoms with Crippen LogP contribution in [0.15, 0.2) is 18.2 Å². The molecule has 76 valence electrons. The first-order valence-corrected chi connectivity index (χ1v) is 5.02. The summed E-state index contributed by atoms with van der Waals surface area (Å²) < 4.78 is 0. The lowest BCUT2D eigenvalue weighted by Crippen LogP contribution is -2.06. The molecule has 0 amide bonds. The number of ketones is 1. The van der Waals surface area contributed by atoms with E-state index in [1.165, 1.54) is 0 Å². The molecule has 0 unspecified atom stereocenters. The highest BCUT2D eigenvalue weighted by atomic mass is 35.5. The third kappa shape index (κ3) is 2.82. The van der Waals surface area contributed by atoms with Crippen LogP contribution in [0.2, 0.25) is 5.02 Å².